The van der Waals surface area contributed by atoms with Crippen LogP contribution in [-0.4, -0.2) is 0 Å². The van der Waals surface area contributed by atoms with E-state index in [2.05, 4.69) is 76.2 Å². The minimum Gasteiger partial charge on any atom is -0.0978 e. The van der Waals surface area contributed by atoms with Gasteiger partial charge in [0, 0.05) is 22.3 Å². The van der Waals surface area contributed by atoms with Crippen molar-refractivity contribution in [1.82, 2.24) is 0 Å². The molecule has 0 heterocycles. The molecule has 0 aromatic heterocycles. The Balaban J connectivity index is 0.00000190. The third kappa shape index (κ3) is 7.99. The fourth-order valence-corrected chi connectivity index (χ4v) is 2.22. The van der Waals surface area contributed by atoms with Crippen molar-refractivity contribution in [3.63, 3.8) is 0 Å². The van der Waals surface area contributed by atoms with E-state index in [4.69, 9.17) is 0 Å². The van der Waals surface area contributed by atoms with E-state index < -0.39 is 0 Å². The van der Waals surface area contributed by atoms with Crippen LogP contribution in [0.25, 0.3) is 0 Å². The Hall–Kier alpha value is -3.22. The highest BCUT2D eigenvalue weighted by molar-refractivity contribution is 5.52. The first-order chi connectivity index (χ1) is 13.5. The van der Waals surface area contributed by atoms with Crippen LogP contribution in [0.4, 0.5) is 0 Å². The fourth-order valence-electron chi connectivity index (χ4n) is 2.22. The van der Waals surface area contributed by atoms with Crippen molar-refractivity contribution < 1.29 is 0 Å². The summed E-state index contributed by atoms with van der Waals surface area (Å²) in [4.78, 5) is 0. The molecule has 0 heteroatoms. The van der Waals surface area contributed by atoms with Crippen molar-refractivity contribution in [1.29, 1.82) is 0 Å². The smallest absolute Gasteiger partial charge is 0.0279 e. The van der Waals surface area contributed by atoms with E-state index in [1.54, 1.807) is 6.08 Å². The molecular weight excluding hydrogens is 336 g/mol. The van der Waals surface area contributed by atoms with E-state index in [1.165, 1.54) is 11.1 Å². The van der Waals surface area contributed by atoms with Gasteiger partial charge in [-0.05, 0) is 69.7 Å². The van der Waals surface area contributed by atoms with Crippen molar-refractivity contribution >= 4 is 0 Å². The second kappa shape index (κ2) is 12.2. The molecule has 0 radical (unpaired) electrons. The van der Waals surface area contributed by atoms with Crippen molar-refractivity contribution in [2.45, 2.75) is 41.5 Å². The van der Waals surface area contributed by atoms with Gasteiger partial charge in [0.05, 0.1) is 0 Å². The number of aryl methyl sites for hydroxylation is 2. The van der Waals surface area contributed by atoms with Crippen molar-refractivity contribution in [3.05, 3.63) is 106 Å². The quantitative estimate of drug-likeness (QED) is 0.391. The number of hydrogen-bond acceptors (Lipinski definition) is 0. The topological polar surface area (TPSA) is 0 Å². The van der Waals surface area contributed by atoms with E-state index in [1.807, 2.05) is 50.3 Å². The van der Waals surface area contributed by atoms with Gasteiger partial charge in [-0.1, -0.05) is 79.5 Å². The van der Waals surface area contributed by atoms with Crippen LogP contribution in [0.5, 0.6) is 0 Å². The molecule has 0 aliphatic heterocycles. The number of rotatable bonds is 2. The Bertz CT molecular complexity index is 968. The summed E-state index contributed by atoms with van der Waals surface area (Å²) >= 11 is 0. The zero-order valence-electron chi connectivity index (χ0n) is 18.0. The molecule has 0 nitrogen and oxygen atoms in total. The average Bonchev–Trinajstić information content (AvgIpc) is 2.70. The van der Waals surface area contributed by atoms with Gasteiger partial charge < -0.3 is 0 Å². The maximum absolute atomic E-state index is 3.82. The molecule has 0 bridgehead atoms. The van der Waals surface area contributed by atoms with Gasteiger partial charge in [0.15, 0.2) is 0 Å². The number of allylic oxidation sites excluding steroid dienone is 5. The fraction of sp³-hybridized carbons (Fsp3) is 0.214. The van der Waals surface area contributed by atoms with E-state index in [-0.39, 0.29) is 0 Å². The first-order valence-electron chi connectivity index (χ1n) is 9.67. The van der Waals surface area contributed by atoms with Gasteiger partial charge in [-0.15, -0.1) is 0 Å². The van der Waals surface area contributed by atoms with Gasteiger partial charge in [0.2, 0.25) is 0 Å². The predicted molar refractivity (Wildman–Crippen MR) is 124 cm³/mol. The molecule has 0 spiro atoms. The van der Waals surface area contributed by atoms with E-state index in [0.29, 0.717) is 0 Å². The molecule has 0 saturated heterocycles. The van der Waals surface area contributed by atoms with Crippen LogP contribution < -0.4 is 0 Å². The molecule has 0 fully saturated rings. The molecule has 2 rings (SSSR count). The van der Waals surface area contributed by atoms with Gasteiger partial charge in [-0.3, -0.25) is 0 Å². The van der Waals surface area contributed by atoms with Crippen LogP contribution in [0, 0.1) is 37.5 Å². The first-order valence-corrected chi connectivity index (χ1v) is 9.67. The van der Waals surface area contributed by atoms with Crippen LogP contribution in [0.3, 0.4) is 0 Å². The Morgan fingerprint density at radius 2 is 1.46 bits per heavy atom. The summed E-state index contributed by atoms with van der Waals surface area (Å²) < 4.78 is 0. The number of hydrogen-bond donors (Lipinski definition) is 0. The average molecular weight is 367 g/mol. The van der Waals surface area contributed by atoms with Gasteiger partial charge in [-0.25, -0.2) is 0 Å². The summed E-state index contributed by atoms with van der Waals surface area (Å²) in [7, 11) is 0. The van der Waals surface area contributed by atoms with E-state index >= 15 is 0 Å². The predicted octanol–water partition coefficient (Wildman–Crippen LogP) is 7.16. The standard InChI is InChI=1S/C26H24.C2H6/c1-6-23(10-7-20(2)3)13-14-25-16-18-26(22(5)19-25)17-15-24-11-8-21(4)9-12-24;1-2/h6-12,16,18-19H,1H2,2-5H3;1-2H3/b23-10+;. The highest BCUT2D eigenvalue weighted by atomic mass is 14.0. The van der Waals surface area contributed by atoms with Gasteiger partial charge in [0.1, 0.15) is 0 Å². The molecule has 2 aromatic rings. The van der Waals surface area contributed by atoms with Crippen molar-refractivity contribution in [2.24, 2.45) is 0 Å². The monoisotopic (exact) mass is 366 g/mol. The lowest BCUT2D eigenvalue weighted by molar-refractivity contribution is 1.39. The maximum atomic E-state index is 3.82. The largest absolute Gasteiger partial charge is 0.0978 e. The Kier molecular flexibility index (Phi) is 9.96. The molecule has 2 aromatic carbocycles. The lowest BCUT2D eigenvalue weighted by Crippen LogP contribution is -1.85. The Morgan fingerprint density at radius 1 is 0.821 bits per heavy atom. The molecule has 0 atom stereocenters. The molecule has 0 amide bonds. The maximum Gasteiger partial charge on any atom is 0.0279 e. The summed E-state index contributed by atoms with van der Waals surface area (Å²) in [6.07, 6.45) is 5.81. The minimum absolute atomic E-state index is 0.909. The lowest BCUT2D eigenvalue weighted by Gasteiger charge is -1.99. The summed E-state index contributed by atoms with van der Waals surface area (Å²) in [5, 5.41) is 0. The number of benzene rings is 2. The molecule has 0 aliphatic rings. The molecule has 0 N–H and O–H groups in total. The van der Waals surface area contributed by atoms with Crippen LogP contribution in [-0.2, 0) is 0 Å². The minimum atomic E-state index is 0.909. The second-order valence-electron chi connectivity index (χ2n) is 6.47. The van der Waals surface area contributed by atoms with Gasteiger partial charge in [-0.2, -0.15) is 0 Å². The summed E-state index contributed by atoms with van der Waals surface area (Å²) in [5.74, 6) is 12.8. The molecular formula is C28H30. The summed E-state index contributed by atoms with van der Waals surface area (Å²) in [6.45, 7) is 16.1. The molecule has 0 unspecified atom stereocenters. The summed E-state index contributed by atoms with van der Waals surface area (Å²) in [5.41, 5.74) is 7.55. The SMILES string of the molecule is C=C/C(C#Cc1ccc(C#Cc2ccc(C)cc2)c(C)c1)=C\C=C(C)C.CC. The van der Waals surface area contributed by atoms with E-state index in [9.17, 15) is 0 Å². The van der Waals surface area contributed by atoms with Gasteiger partial charge in [0.25, 0.3) is 0 Å². The Morgan fingerprint density at radius 3 is 2.04 bits per heavy atom. The molecule has 142 valence electrons. The third-order valence-corrected chi connectivity index (χ3v) is 3.79. The second-order valence-corrected chi connectivity index (χ2v) is 6.47. The first kappa shape index (κ1) is 22.8. The van der Waals surface area contributed by atoms with Crippen LogP contribution in [0.2, 0.25) is 0 Å². The normalized spacial score (nSPS) is 9.57. The third-order valence-electron chi connectivity index (χ3n) is 3.79. The van der Waals surface area contributed by atoms with Crippen LogP contribution in [0.1, 0.15) is 55.5 Å². The lowest BCUT2D eigenvalue weighted by atomic mass is 10.0. The highest BCUT2D eigenvalue weighted by Gasteiger charge is 1.96. The summed E-state index contributed by atoms with van der Waals surface area (Å²) in [6, 6.07) is 14.4. The van der Waals surface area contributed by atoms with Crippen molar-refractivity contribution in [3.8, 4) is 23.7 Å². The molecule has 0 saturated carbocycles. The van der Waals surface area contributed by atoms with Crippen molar-refractivity contribution in [2.75, 3.05) is 0 Å². The molecule has 28 heavy (non-hydrogen) atoms. The zero-order valence-corrected chi connectivity index (χ0v) is 18.0. The molecule has 0 aliphatic carbocycles. The van der Waals surface area contributed by atoms with E-state index in [0.717, 1.165) is 27.8 Å². The van der Waals surface area contributed by atoms with Gasteiger partial charge >= 0.3 is 0 Å². The van der Waals surface area contributed by atoms with Crippen LogP contribution in [0.15, 0.2) is 78.4 Å². The Labute approximate surface area is 171 Å². The zero-order chi connectivity index (χ0) is 20.9. The highest BCUT2D eigenvalue weighted by Crippen LogP contribution is 2.10. The van der Waals surface area contributed by atoms with Crippen LogP contribution >= 0.6 is 0 Å².